The Morgan fingerprint density at radius 1 is 1.13 bits per heavy atom. The first-order valence-corrected chi connectivity index (χ1v) is 11.7. The van der Waals surface area contributed by atoms with Crippen molar-refractivity contribution in [1.29, 1.82) is 0 Å². The molecule has 1 aliphatic rings. The maximum atomic E-state index is 12.7. The van der Waals surface area contributed by atoms with Crippen molar-refractivity contribution in [2.75, 3.05) is 16.6 Å². The van der Waals surface area contributed by atoms with Gasteiger partial charge in [-0.15, -0.1) is 0 Å². The number of amides is 1. The van der Waals surface area contributed by atoms with Gasteiger partial charge in [-0.2, -0.15) is 4.98 Å². The van der Waals surface area contributed by atoms with E-state index in [-0.39, 0.29) is 24.1 Å². The number of benzene rings is 2. The Morgan fingerprint density at radius 2 is 1.90 bits per heavy atom. The highest BCUT2D eigenvalue weighted by Crippen LogP contribution is 2.28. The fourth-order valence-corrected chi connectivity index (χ4v) is 5.18. The minimum Gasteiger partial charge on any atom is -0.343 e. The lowest BCUT2D eigenvalue weighted by Crippen LogP contribution is -2.38. The van der Waals surface area contributed by atoms with Crippen molar-refractivity contribution in [3.05, 3.63) is 65.0 Å². The Bertz CT molecular complexity index is 1200. The van der Waals surface area contributed by atoms with E-state index in [1.165, 1.54) is 4.31 Å². The van der Waals surface area contributed by atoms with Gasteiger partial charge in [0.25, 0.3) is 5.91 Å². The molecule has 0 unspecified atom stereocenters. The minimum absolute atomic E-state index is 0.0723. The average molecular weight is 441 g/mol. The molecule has 0 saturated carbocycles. The molecule has 1 aliphatic heterocycles. The number of sulfonamides is 1. The van der Waals surface area contributed by atoms with E-state index in [0.717, 1.165) is 23.1 Å². The van der Waals surface area contributed by atoms with Gasteiger partial charge in [0.2, 0.25) is 21.7 Å². The lowest BCUT2D eigenvalue weighted by molar-refractivity contribution is 0.0946. The van der Waals surface area contributed by atoms with Gasteiger partial charge >= 0.3 is 0 Å². The monoisotopic (exact) mass is 440 g/mol. The molecule has 8 nitrogen and oxygen atoms in total. The minimum atomic E-state index is -3.35. The standard InChI is InChI=1S/C22H24N4O4S/c1-15-5-8-17(9-6-15)21-24-20(30-25-21)14-23-22(27)18-10-7-16(2)19(13-18)26-11-3-4-12-31(26,28)29/h5-10,13H,3-4,11-12,14H2,1-2H3,(H,23,27). The number of nitrogens with zero attached hydrogens (tertiary/aromatic N) is 3. The maximum Gasteiger partial charge on any atom is 0.251 e. The lowest BCUT2D eigenvalue weighted by Gasteiger charge is -2.29. The van der Waals surface area contributed by atoms with Gasteiger partial charge in [0, 0.05) is 17.7 Å². The molecule has 1 aromatic heterocycles. The van der Waals surface area contributed by atoms with Crippen LogP contribution in [0.1, 0.15) is 40.2 Å². The Labute approximate surface area is 181 Å². The molecule has 2 aromatic carbocycles. The van der Waals surface area contributed by atoms with Crippen LogP contribution in [0.5, 0.6) is 0 Å². The van der Waals surface area contributed by atoms with Crippen LogP contribution in [0.2, 0.25) is 0 Å². The smallest absolute Gasteiger partial charge is 0.251 e. The van der Waals surface area contributed by atoms with Crippen LogP contribution >= 0.6 is 0 Å². The summed E-state index contributed by atoms with van der Waals surface area (Å²) >= 11 is 0. The highest BCUT2D eigenvalue weighted by molar-refractivity contribution is 7.92. The molecule has 3 aromatic rings. The van der Waals surface area contributed by atoms with Crippen LogP contribution in [0.4, 0.5) is 5.69 Å². The van der Waals surface area contributed by atoms with E-state index >= 15 is 0 Å². The second-order valence-electron chi connectivity index (χ2n) is 7.66. The first-order chi connectivity index (χ1) is 14.8. The highest BCUT2D eigenvalue weighted by atomic mass is 32.2. The normalized spacial score (nSPS) is 15.6. The average Bonchev–Trinajstić information content (AvgIpc) is 3.22. The number of aromatic nitrogens is 2. The van der Waals surface area contributed by atoms with Crippen LogP contribution in [0.15, 0.2) is 47.0 Å². The van der Waals surface area contributed by atoms with Crippen molar-refractivity contribution < 1.29 is 17.7 Å². The van der Waals surface area contributed by atoms with Crippen molar-refractivity contribution in [2.45, 2.75) is 33.2 Å². The van der Waals surface area contributed by atoms with E-state index in [0.29, 0.717) is 30.0 Å². The summed E-state index contributed by atoms with van der Waals surface area (Å²) in [5.41, 5.74) is 3.69. The summed E-state index contributed by atoms with van der Waals surface area (Å²) in [5, 5.41) is 6.72. The predicted molar refractivity (Wildman–Crippen MR) is 117 cm³/mol. The van der Waals surface area contributed by atoms with Crippen molar-refractivity contribution in [1.82, 2.24) is 15.5 Å². The Hall–Kier alpha value is -3.20. The number of hydrogen-bond donors (Lipinski definition) is 1. The largest absolute Gasteiger partial charge is 0.343 e. The van der Waals surface area contributed by atoms with Gasteiger partial charge in [-0.25, -0.2) is 8.42 Å². The zero-order valence-corrected chi connectivity index (χ0v) is 18.3. The molecular weight excluding hydrogens is 416 g/mol. The number of carbonyl (C=O) groups excluding carboxylic acids is 1. The number of rotatable bonds is 5. The number of anilines is 1. The Kier molecular flexibility index (Phi) is 5.77. The fraction of sp³-hybridized carbons (Fsp3) is 0.318. The van der Waals surface area contributed by atoms with Crippen molar-refractivity contribution in [2.24, 2.45) is 0 Å². The molecular formula is C22H24N4O4S. The van der Waals surface area contributed by atoms with Gasteiger partial charge in [-0.3, -0.25) is 9.10 Å². The van der Waals surface area contributed by atoms with Gasteiger partial charge in [0.1, 0.15) is 0 Å². The molecule has 162 valence electrons. The molecule has 0 atom stereocenters. The van der Waals surface area contributed by atoms with Gasteiger partial charge < -0.3 is 9.84 Å². The molecule has 1 fully saturated rings. The Morgan fingerprint density at radius 3 is 2.65 bits per heavy atom. The van der Waals surface area contributed by atoms with Crippen LogP contribution in [-0.4, -0.2) is 36.8 Å². The summed E-state index contributed by atoms with van der Waals surface area (Å²) in [5.74, 6) is 0.529. The molecule has 4 rings (SSSR count). The zero-order valence-electron chi connectivity index (χ0n) is 17.5. The van der Waals surface area contributed by atoms with E-state index < -0.39 is 10.0 Å². The van der Waals surface area contributed by atoms with Crippen LogP contribution in [0.3, 0.4) is 0 Å². The molecule has 1 N–H and O–H groups in total. The number of aryl methyl sites for hydroxylation is 2. The SMILES string of the molecule is Cc1ccc(-c2noc(CNC(=O)c3ccc(C)c(N4CCCCS4(=O)=O)c3)n2)cc1. The summed E-state index contributed by atoms with van der Waals surface area (Å²) < 4.78 is 31.6. The van der Waals surface area contributed by atoms with E-state index in [2.05, 4.69) is 15.5 Å². The van der Waals surface area contributed by atoms with E-state index in [1.54, 1.807) is 18.2 Å². The fourth-order valence-electron chi connectivity index (χ4n) is 3.48. The van der Waals surface area contributed by atoms with Crippen molar-refractivity contribution in [3.63, 3.8) is 0 Å². The van der Waals surface area contributed by atoms with Crippen molar-refractivity contribution in [3.8, 4) is 11.4 Å². The second kappa shape index (κ2) is 8.50. The van der Waals surface area contributed by atoms with Gasteiger partial charge in [-0.05, 0) is 44.4 Å². The molecule has 0 aliphatic carbocycles. The first-order valence-electron chi connectivity index (χ1n) is 10.1. The Balaban J connectivity index is 1.46. The summed E-state index contributed by atoms with van der Waals surface area (Å²) in [6.45, 7) is 4.34. The van der Waals surface area contributed by atoms with Crippen LogP contribution < -0.4 is 9.62 Å². The molecule has 0 radical (unpaired) electrons. The first kappa shape index (κ1) is 21.0. The summed E-state index contributed by atoms with van der Waals surface area (Å²) in [7, 11) is -3.35. The molecule has 9 heteroatoms. The topological polar surface area (TPSA) is 105 Å². The van der Waals surface area contributed by atoms with E-state index in [1.807, 2.05) is 38.1 Å². The second-order valence-corrected chi connectivity index (χ2v) is 9.67. The van der Waals surface area contributed by atoms with E-state index in [9.17, 15) is 13.2 Å². The summed E-state index contributed by atoms with van der Waals surface area (Å²) in [6, 6.07) is 12.8. The number of nitrogens with one attached hydrogen (secondary N) is 1. The highest BCUT2D eigenvalue weighted by Gasteiger charge is 2.27. The molecule has 1 amide bonds. The van der Waals surface area contributed by atoms with Crippen LogP contribution in [0.25, 0.3) is 11.4 Å². The number of hydrogen-bond acceptors (Lipinski definition) is 6. The molecule has 0 spiro atoms. The summed E-state index contributed by atoms with van der Waals surface area (Å²) in [6.07, 6.45) is 1.46. The van der Waals surface area contributed by atoms with Gasteiger partial charge in [-0.1, -0.05) is 41.1 Å². The third kappa shape index (κ3) is 4.61. The molecule has 31 heavy (non-hydrogen) atoms. The number of carbonyl (C=O) groups is 1. The van der Waals surface area contributed by atoms with Crippen LogP contribution in [-0.2, 0) is 16.6 Å². The van der Waals surface area contributed by atoms with Gasteiger partial charge in [0.15, 0.2) is 0 Å². The quantitative estimate of drug-likeness (QED) is 0.653. The third-order valence-corrected chi connectivity index (χ3v) is 7.12. The molecule has 0 bridgehead atoms. The van der Waals surface area contributed by atoms with Gasteiger partial charge in [0.05, 0.1) is 18.0 Å². The molecule has 2 heterocycles. The zero-order chi connectivity index (χ0) is 22.0. The summed E-state index contributed by atoms with van der Waals surface area (Å²) in [4.78, 5) is 17.0. The molecule has 1 saturated heterocycles. The van der Waals surface area contributed by atoms with Crippen LogP contribution in [0, 0.1) is 13.8 Å². The van der Waals surface area contributed by atoms with Crippen molar-refractivity contribution >= 4 is 21.6 Å². The van der Waals surface area contributed by atoms with E-state index in [4.69, 9.17) is 4.52 Å². The predicted octanol–water partition coefficient (Wildman–Crippen LogP) is 3.21. The maximum absolute atomic E-state index is 12.7. The third-order valence-electron chi connectivity index (χ3n) is 5.27. The lowest BCUT2D eigenvalue weighted by atomic mass is 10.1.